The van der Waals surface area contributed by atoms with Gasteiger partial charge in [0.15, 0.2) is 0 Å². The van der Waals surface area contributed by atoms with Crippen molar-refractivity contribution in [3.05, 3.63) is 37.8 Å². The van der Waals surface area contributed by atoms with Crippen LogP contribution in [0.25, 0.3) is 10.9 Å². The van der Waals surface area contributed by atoms with Crippen LogP contribution >= 0.6 is 27.5 Å². The Hall–Kier alpha value is -0.870. The molecule has 0 aliphatic rings. The first kappa shape index (κ1) is 9.68. The molecule has 2 rings (SSSR count). The molecule has 0 unspecified atom stereocenters. The predicted molar refractivity (Wildman–Crippen MR) is 59.8 cm³/mol. The van der Waals surface area contributed by atoms with Crippen LogP contribution in [0.15, 0.2) is 21.4 Å². The first-order chi connectivity index (χ1) is 6.58. The standard InChI is InChI=1S/C9H6BrClN2O/c1-4-2-5(10)3-6-7(4)12-9(11)13-8(6)14/h2-3H,1H3,(H,12,13,14). The number of halogens is 2. The van der Waals surface area contributed by atoms with Crippen LogP contribution in [-0.4, -0.2) is 9.97 Å². The molecule has 1 N–H and O–H groups in total. The molecule has 0 spiro atoms. The van der Waals surface area contributed by atoms with Crippen LogP contribution in [0, 0.1) is 6.92 Å². The van der Waals surface area contributed by atoms with Gasteiger partial charge in [0.1, 0.15) is 0 Å². The number of benzene rings is 1. The van der Waals surface area contributed by atoms with Crippen LogP contribution in [0.4, 0.5) is 0 Å². The molecule has 0 bridgehead atoms. The maximum absolute atomic E-state index is 11.5. The number of nitrogens with one attached hydrogen (secondary N) is 1. The number of fused-ring (bicyclic) bond motifs is 1. The fourth-order valence-electron chi connectivity index (χ4n) is 1.34. The van der Waals surface area contributed by atoms with Gasteiger partial charge in [-0.15, -0.1) is 0 Å². The average molecular weight is 274 g/mol. The Bertz CT molecular complexity index is 564. The molecule has 1 aromatic carbocycles. The van der Waals surface area contributed by atoms with Gasteiger partial charge >= 0.3 is 0 Å². The number of rotatable bonds is 0. The monoisotopic (exact) mass is 272 g/mol. The van der Waals surface area contributed by atoms with Crippen molar-refractivity contribution in [3.8, 4) is 0 Å². The van der Waals surface area contributed by atoms with Crippen LogP contribution < -0.4 is 5.56 Å². The quantitative estimate of drug-likeness (QED) is 0.750. The van der Waals surface area contributed by atoms with Crippen molar-refractivity contribution in [1.82, 2.24) is 9.97 Å². The van der Waals surface area contributed by atoms with E-state index >= 15 is 0 Å². The number of aromatic amines is 1. The molecule has 72 valence electrons. The van der Waals surface area contributed by atoms with E-state index < -0.39 is 0 Å². The van der Waals surface area contributed by atoms with E-state index in [0.717, 1.165) is 10.0 Å². The molecule has 2 aromatic rings. The molecule has 0 aliphatic heterocycles. The third-order valence-electron chi connectivity index (χ3n) is 1.94. The topological polar surface area (TPSA) is 45.8 Å². The van der Waals surface area contributed by atoms with E-state index in [1.807, 2.05) is 13.0 Å². The smallest absolute Gasteiger partial charge is 0.259 e. The molecule has 3 nitrogen and oxygen atoms in total. The van der Waals surface area contributed by atoms with Crippen LogP contribution in [0.3, 0.4) is 0 Å². The van der Waals surface area contributed by atoms with Gasteiger partial charge in [0.25, 0.3) is 5.56 Å². The van der Waals surface area contributed by atoms with Gasteiger partial charge in [0, 0.05) is 4.47 Å². The summed E-state index contributed by atoms with van der Waals surface area (Å²) in [7, 11) is 0. The van der Waals surface area contributed by atoms with Crippen molar-refractivity contribution in [2.45, 2.75) is 6.92 Å². The molecule has 0 radical (unpaired) electrons. The van der Waals surface area contributed by atoms with Crippen molar-refractivity contribution in [2.24, 2.45) is 0 Å². The Balaban J connectivity index is 3.02. The van der Waals surface area contributed by atoms with E-state index in [2.05, 4.69) is 25.9 Å². The van der Waals surface area contributed by atoms with Crippen molar-refractivity contribution >= 4 is 38.4 Å². The number of aryl methyl sites for hydroxylation is 1. The highest BCUT2D eigenvalue weighted by molar-refractivity contribution is 9.10. The number of hydrogen-bond donors (Lipinski definition) is 1. The highest BCUT2D eigenvalue weighted by atomic mass is 79.9. The summed E-state index contributed by atoms with van der Waals surface area (Å²) in [5, 5.41) is 0.661. The number of aromatic nitrogens is 2. The van der Waals surface area contributed by atoms with E-state index in [4.69, 9.17) is 11.6 Å². The van der Waals surface area contributed by atoms with Crippen LogP contribution in [0.1, 0.15) is 5.56 Å². The fourth-order valence-corrected chi connectivity index (χ4v) is 2.09. The molecule has 0 aliphatic carbocycles. The summed E-state index contributed by atoms with van der Waals surface area (Å²) in [4.78, 5) is 18.0. The average Bonchev–Trinajstić information content (AvgIpc) is 2.07. The molecule has 14 heavy (non-hydrogen) atoms. The second-order valence-electron chi connectivity index (χ2n) is 2.98. The number of hydrogen-bond acceptors (Lipinski definition) is 2. The largest absolute Gasteiger partial charge is 0.297 e. The third kappa shape index (κ3) is 1.55. The summed E-state index contributed by atoms with van der Waals surface area (Å²) in [6.07, 6.45) is 0. The summed E-state index contributed by atoms with van der Waals surface area (Å²) in [6.45, 7) is 1.88. The molecule has 5 heteroatoms. The molecular weight excluding hydrogens is 267 g/mol. The predicted octanol–water partition coefficient (Wildman–Crippen LogP) is 2.65. The maximum Gasteiger partial charge on any atom is 0.259 e. The zero-order valence-electron chi connectivity index (χ0n) is 7.27. The van der Waals surface area contributed by atoms with Gasteiger partial charge in [0.05, 0.1) is 10.9 Å². The summed E-state index contributed by atoms with van der Waals surface area (Å²) in [6, 6.07) is 3.62. The van der Waals surface area contributed by atoms with Crippen molar-refractivity contribution in [1.29, 1.82) is 0 Å². The van der Waals surface area contributed by atoms with Crippen molar-refractivity contribution < 1.29 is 0 Å². The van der Waals surface area contributed by atoms with Crippen LogP contribution in [-0.2, 0) is 0 Å². The molecular formula is C9H6BrClN2O. The van der Waals surface area contributed by atoms with E-state index in [1.54, 1.807) is 6.07 Å². The van der Waals surface area contributed by atoms with E-state index in [0.29, 0.717) is 10.9 Å². The Morgan fingerprint density at radius 1 is 1.50 bits per heavy atom. The first-order valence-corrected chi connectivity index (χ1v) is 5.10. The SMILES string of the molecule is Cc1cc(Br)cc2c(=O)[nH]c(Cl)nc12. The van der Waals surface area contributed by atoms with Crippen molar-refractivity contribution in [3.63, 3.8) is 0 Å². The maximum atomic E-state index is 11.5. The summed E-state index contributed by atoms with van der Waals surface area (Å²) in [5.74, 6) is 0. The highest BCUT2D eigenvalue weighted by Gasteiger charge is 2.05. The van der Waals surface area contributed by atoms with E-state index in [1.165, 1.54) is 0 Å². The lowest BCUT2D eigenvalue weighted by Crippen LogP contribution is -2.08. The Labute approximate surface area is 93.2 Å². The van der Waals surface area contributed by atoms with Gasteiger partial charge in [-0.1, -0.05) is 15.9 Å². The van der Waals surface area contributed by atoms with Crippen LogP contribution in [0.2, 0.25) is 5.28 Å². The lowest BCUT2D eigenvalue weighted by Gasteiger charge is -2.01. The van der Waals surface area contributed by atoms with Gasteiger partial charge in [-0.2, -0.15) is 0 Å². The third-order valence-corrected chi connectivity index (χ3v) is 2.57. The van der Waals surface area contributed by atoms with Gasteiger partial charge in [0.2, 0.25) is 5.28 Å². The minimum absolute atomic E-state index is 0.118. The second kappa shape index (κ2) is 3.37. The van der Waals surface area contributed by atoms with Gasteiger partial charge < -0.3 is 0 Å². The van der Waals surface area contributed by atoms with Gasteiger partial charge in [-0.3, -0.25) is 9.78 Å². The minimum atomic E-state index is -0.218. The number of H-pyrrole nitrogens is 1. The van der Waals surface area contributed by atoms with Gasteiger partial charge in [-0.05, 0) is 36.2 Å². The van der Waals surface area contributed by atoms with Crippen LogP contribution in [0.5, 0.6) is 0 Å². The Morgan fingerprint density at radius 3 is 2.93 bits per heavy atom. The molecule has 0 saturated carbocycles. The molecule has 0 saturated heterocycles. The molecule has 0 amide bonds. The summed E-state index contributed by atoms with van der Waals surface area (Å²) >= 11 is 8.98. The zero-order chi connectivity index (χ0) is 10.3. The molecule has 1 heterocycles. The normalized spacial score (nSPS) is 10.8. The lowest BCUT2D eigenvalue weighted by atomic mass is 10.1. The lowest BCUT2D eigenvalue weighted by molar-refractivity contribution is 1.16. The van der Waals surface area contributed by atoms with E-state index in [-0.39, 0.29) is 10.8 Å². The second-order valence-corrected chi connectivity index (χ2v) is 4.25. The summed E-state index contributed by atoms with van der Waals surface area (Å²) < 4.78 is 0.858. The zero-order valence-corrected chi connectivity index (χ0v) is 9.61. The highest BCUT2D eigenvalue weighted by Crippen LogP contribution is 2.20. The molecule has 0 atom stereocenters. The summed E-state index contributed by atoms with van der Waals surface area (Å²) in [5.41, 5.74) is 1.34. The van der Waals surface area contributed by atoms with Crippen molar-refractivity contribution in [2.75, 3.05) is 0 Å². The fraction of sp³-hybridized carbons (Fsp3) is 0.111. The first-order valence-electron chi connectivity index (χ1n) is 3.93. The van der Waals surface area contributed by atoms with Gasteiger partial charge in [-0.25, -0.2) is 4.98 Å². The minimum Gasteiger partial charge on any atom is -0.297 e. The Kier molecular flexibility index (Phi) is 2.33. The number of nitrogens with zero attached hydrogens (tertiary/aromatic N) is 1. The molecule has 0 fully saturated rings. The Morgan fingerprint density at radius 2 is 2.21 bits per heavy atom. The van der Waals surface area contributed by atoms with E-state index in [9.17, 15) is 4.79 Å². The molecule has 1 aromatic heterocycles.